The molecule has 0 spiro atoms. The molecule has 0 aliphatic carbocycles. The van der Waals surface area contributed by atoms with Crippen LogP contribution in [0.4, 0.5) is 5.69 Å². The summed E-state index contributed by atoms with van der Waals surface area (Å²) >= 11 is 1.75. The zero-order valence-electron chi connectivity index (χ0n) is 11.3. The predicted molar refractivity (Wildman–Crippen MR) is 83.2 cm³/mol. The third-order valence-electron chi connectivity index (χ3n) is 2.78. The van der Waals surface area contributed by atoms with Gasteiger partial charge in [0.1, 0.15) is 5.75 Å². The Labute approximate surface area is 119 Å². The van der Waals surface area contributed by atoms with Crippen LogP contribution in [-0.2, 0) is 6.54 Å². The summed E-state index contributed by atoms with van der Waals surface area (Å²) < 4.78 is 5.50. The van der Waals surface area contributed by atoms with E-state index in [1.54, 1.807) is 11.8 Å². The Hall–Kier alpha value is -1.61. The molecule has 19 heavy (non-hydrogen) atoms. The van der Waals surface area contributed by atoms with Crippen molar-refractivity contribution >= 4 is 17.4 Å². The van der Waals surface area contributed by atoms with Gasteiger partial charge in [-0.2, -0.15) is 0 Å². The molecule has 2 nitrogen and oxygen atoms in total. The molecule has 0 aliphatic heterocycles. The van der Waals surface area contributed by atoms with Gasteiger partial charge >= 0.3 is 0 Å². The zero-order valence-corrected chi connectivity index (χ0v) is 12.2. The number of nitrogens with one attached hydrogen (secondary N) is 1. The summed E-state index contributed by atoms with van der Waals surface area (Å²) in [6.07, 6.45) is 2.09. The minimum atomic E-state index is 0.701. The van der Waals surface area contributed by atoms with E-state index in [0.717, 1.165) is 18.0 Å². The second-order valence-corrected chi connectivity index (χ2v) is 5.05. The van der Waals surface area contributed by atoms with Crippen molar-refractivity contribution in [3.05, 3.63) is 54.1 Å². The minimum Gasteiger partial charge on any atom is -0.494 e. The highest BCUT2D eigenvalue weighted by atomic mass is 32.2. The maximum Gasteiger partial charge on any atom is 0.119 e. The molecule has 0 bridgehead atoms. The monoisotopic (exact) mass is 273 g/mol. The summed E-state index contributed by atoms with van der Waals surface area (Å²) in [5.41, 5.74) is 2.37. The molecule has 0 unspecified atom stereocenters. The number of thioether (sulfide) groups is 1. The van der Waals surface area contributed by atoms with Gasteiger partial charge < -0.3 is 10.1 Å². The van der Waals surface area contributed by atoms with E-state index in [4.69, 9.17) is 4.74 Å². The Morgan fingerprint density at radius 3 is 2.74 bits per heavy atom. The molecule has 0 aromatic heterocycles. The Morgan fingerprint density at radius 1 is 1.11 bits per heavy atom. The summed E-state index contributed by atoms with van der Waals surface area (Å²) in [7, 11) is 0. The molecular weight excluding hydrogens is 254 g/mol. The molecule has 3 heteroatoms. The van der Waals surface area contributed by atoms with E-state index in [-0.39, 0.29) is 0 Å². The van der Waals surface area contributed by atoms with Gasteiger partial charge in [-0.05, 0) is 49.1 Å². The van der Waals surface area contributed by atoms with Gasteiger partial charge in [-0.25, -0.2) is 0 Å². The average Bonchev–Trinajstić information content (AvgIpc) is 2.46. The summed E-state index contributed by atoms with van der Waals surface area (Å²) in [6, 6.07) is 16.6. The van der Waals surface area contributed by atoms with Crippen LogP contribution in [-0.4, -0.2) is 12.9 Å². The van der Waals surface area contributed by atoms with E-state index in [2.05, 4.69) is 48.0 Å². The maximum absolute atomic E-state index is 5.50. The zero-order chi connectivity index (χ0) is 13.5. The molecule has 0 saturated carbocycles. The molecule has 100 valence electrons. The first-order valence-corrected chi connectivity index (χ1v) is 7.64. The Balaban J connectivity index is 1.99. The molecule has 0 fully saturated rings. The van der Waals surface area contributed by atoms with E-state index in [1.165, 1.54) is 10.5 Å². The Morgan fingerprint density at radius 2 is 1.95 bits per heavy atom. The fourth-order valence-electron chi connectivity index (χ4n) is 1.85. The number of anilines is 1. The Kier molecular flexibility index (Phi) is 5.16. The standard InChI is InChI=1S/C16H19NOS/c1-3-18-15-8-4-6-13(10-15)12-17-14-7-5-9-16(11-14)19-2/h4-11,17H,3,12H2,1-2H3. The Bertz CT molecular complexity index is 528. The van der Waals surface area contributed by atoms with Crippen LogP contribution in [0.3, 0.4) is 0 Å². The molecule has 0 amide bonds. The highest BCUT2D eigenvalue weighted by Crippen LogP contribution is 2.20. The highest BCUT2D eigenvalue weighted by Gasteiger charge is 1.98. The van der Waals surface area contributed by atoms with Crippen molar-refractivity contribution in [1.29, 1.82) is 0 Å². The van der Waals surface area contributed by atoms with Crippen LogP contribution in [0.5, 0.6) is 5.75 Å². The molecule has 0 atom stereocenters. The summed E-state index contributed by atoms with van der Waals surface area (Å²) in [5, 5.41) is 3.44. The number of rotatable bonds is 6. The molecular formula is C16H19NOS. The van der Waals surface area contributed by atoms with Gasteiger partial charge in [0, 0.05) is 17.1 Å². The molecule has 2 aromatic rings. The summed E-state index contributed by atoms with van der Waals surface area (Å²) in [4.78, 5) is 1.27. The lowest BCUT2D eigenvalue weighted by Gasteiger charge is -2.09. The SMILES string of the molecule is CCOc1cccc(CNc2cccc(SC)c2)c1. The van der Waals surface area contributed by atoms with Gasteiger partial charge in [-0.15, -0.1) is 11.8 Å². The van der Waals surface area contributed by atoms with E-state index in [9.17, 15) is 0 Å². The molecule has 0 aliphatic rings. The normalized spacial score (nSPS) is 10.2. The third kappa shape index (κ3) is 4.21. The van der Waals surface area contributed by atoms with Crippen molar-refractivity contribution in [2.24, 2.45) is 0 Å². The van der Waals surface area contributed by atoms with Crippen LogP contribution in [0.1, 0.15) is 12.5 Å². The molecule has 2 rings (SSSR count). The quantitative estimate of drug-likeness (QED) is 0.787. The molecule has 0 heterocycles. The van der Waals surface area contributed by atoms with Crippen molar-refractivity contribution in [2.75, 3.05) is 18.2 Å². The van der Waals surface area contributed by atoms with E-state index in [1.807, 2.05) is 19.1 Å². The highest BCUT2D eigenvalue weighted by molar-refractivity contribution is 7.98. The molecule has 2 aromatic carbocycles. The first kappa shape index (κ1) is 13.8. The van der Waals surface area contributed by atoms with Crippen LogP contribution >= 0.6 is 11.8 Å². The van der Waals surface area contributed by atoms with E-state index in [0.29, 0.717) is 6.61 Å². The van der Waals surface area contributed by atoms with Gasteiger partial charge in [-0.1, -0.05) is 18.2 Å². The predicted octanol–water partition coefficient (Wildman–Crippen LogP) is 4.42. The second kappa shape index (κ2) is 7.10. The van der Waals surface area contributed by atoms with Gasteiger partial charge in [0.2, 0.25) is 0 Å². The topological polar surface area (TPSA) is 21.3 Å². The third-order valence-corrected chi connectivity index (χ3v) is 3.50. The van der Waals surface area contributed by atoms with Crippen molar-refractivity contribution in [1.82, 2.24) is 0 Å². The first-order valence-electron chi connectivity index (χ1n) is 6.41. The van der Waals surface area contributed by atoms with Crippen molar-refractivity contribution in [3.63, 3.8) is 0 Å². The fourth-order valence-corrected chi connectivity index (χ4v) is 2.31. The number of hydrogen-bond acceptors (Lipinski definition) is 3. The van der Waals surface area contributed by atoms with E-state index < -0.39 is 0 Å². The second-order valence-electron chi connectivity index (χ2n) is 4.17. The maximum atomic E-state index is 5.50. The van der Waals surface area contributed by atoms with Crippen molar-refractivity contribution in [3.8, 4) is 5.75 Å². The molecule has 1 N–H and O–H groups in total. The summed E-state index contributed by atoms with van der Waals surface area (Å²) in [5.74, 6) is 0.930. The summed E-state index contributed by atoms with van der Waals surface area (Å²) in [6.45, 7) is 3.50. The minimum absolute atomic E-state index is 0.701. The van der Waals surface area contributed by atoms with Crippen molar-refractivity contribution in [2.45, 2.75) is 18.4 Å². The van der Waals surface area contributed by atoms with Gasteiger partial charge in [-0.3, -0.25) is 0 Å². The van der Waals surface area contributed by atoms with Crippen LogP contribution in [0.2, 0.25) is 0 Å². The van der Waals surface area contributed by atoms with Crippen LogP contribution in [0.15, 0.2) is 53.4 Å². The number of hydrogen-bond donors (Lipinski definition) is 1. The van der Waals surface area contributed by atoms with Crippen LogP contribution in [0, 0.1) is 0 Å². The average molecular weight is 273 g/mol. The van der Waals surface area contributed by atoms with Crippen LogP contribution in [0.25, 0.3) is 0 Å². The smallest absolute Gasteiger partial charge is 0.119 e. The van der Waals surface area contributed by atoms with Gasteiger partial charge in [0.05, 0.1) is 6.61 Å². The lowest BCUT2D eigenvalue weighted by Crippen LogP contribution is -2.00. The number of benzene rings is 2. The van der Waals surface area contributed by atoms with Crippen LogP contribution < -0.4 is 10.1 Å². The fraction of sp³-hybridized carbons (Fsp3) is 0.250. The van der Waals surface area contributed by atoms with Gasteiger partial charge in [0.15, 0.2) is 0 Å². The lowest BCUT2D eigenvalue weighted by atomic mass is 10.2. The van der Waals surface area contributed by atoms with Crippen molar-refractivity contribution < 1.29 is 4.74 Å². The lowest BCUT2D eigenvalue weighted by molar-refractivity contribution is 0.340. The molecule has 0 saturated heterocycles. The number of ether oxygens (including phenoxy) is 1. The van der Waals surface area contributed by atoms with Gasteiger partial charge in [0.25, 0.3) is 0 Å². The van der Waals surface area contributed by atoms with E-state index >= 15 is 0 Å². The molecule has 0 radical (unpaired) electrons. The largest absolute Gasteiger partial charge is 0.494 e. The first-order chi connectivity index (χ1) is 9.31.